The van der Waals surface area contributed by atoms with Crippen molar-refractivity contribution in [3.8, 4) is 11.5 Å². The molecule has 1 N–H and O–H groups in total. The molecule has 2 aliphatic rings. The van der Waals surface area contributed by atoms with Crippen LogP contribution in [-0.4, -0.2) is 42.6 Å². The molecule has 0 bridgehead atoms. The zero-order valence-electron chi connectivity index (χ0n) is 13.5. The molecule has 0 radical (unpaired) electrons. The van der Waals surface area contributed by atoms with Crippen molar-refractivity contribution >= 4 is 11.8 Å². The highest BCUT2D eigenvalue weighted by Crippen LogP contribution is 2.33. The molecule has 0 aliphatic carbocycles. The molecular formula is C17H22N2O4. The van der Waals surface area contributed by atoms with Crippen molar-refractivity contribution in [2.75, 3.05) is 19.9 Å². The molecule has 0 saturated carbocycles. The fourth-order valence-corrected chi connectivity index (χ4v) is 2.99. The van der Waals surface area contributed by atoms with Gasteiger partial charge in [0.2, 0.25) is 12.7 Å². The van der Waals surface area contributed by atoms with E-state index in [1.807, 2.05) is 13.8 Å². The number of nitrogens with zero attached hydrogens (tertiary/aromatic N) is 1. The smallest absolute Gasteiger partial charge is 0.254 e. The molecule has 0 aromatic heterocycles. The van der Waals surface area contributed by atoms with Gasteiger partial charge in [0.15, 0.2) is 11.5 Å². The molecule has 0 spiro atoms. The van der Waals surface area contributed by atoms with Crippen LogP contribution in [-0.2, 0) is 4.79 Å². The van der Waals surface area contributed by atoms with E-state index in [4.69, 9.17) is 9.47 Å². The SMILES string of the molecule is CC(C)NC(=O)[C@@H]1CCCN(C(=O)c2ccc3c(c2)OCO3)C1. The van der Waals surface area contributed by atoms with Gasteiger partial charge in [0.1, 0.15) is 0 Å². The van der Waals surface area contributed by atoms with Gasteiger partial charge in [-0.15, -0.1) is 0 Å². The molecule has 6 heteroatoms. The lowest BCUT2D eigenvalue weighted by molar-refractivity contribution is -0.126. The summed E-state index contributed by atoms with van der Waals surface area (Å²) in [5, 5.41) is 2.93. The lowest BCUT2D eigenvalue weighted by atomic mass is 9.96. The molecule has 2 aliphatic heterocycles. The van der Waals surface area contributed by atoms with Crippen molar-refractivity contribution in [3.63, 3.8) is 0 Å². The second-order valence-electron chi connectivity index (χ2n) is 6.32. The maximum Gasteiger partial charge on any atom is 0.254 e. The van der Waals surface area contributed by atoms with Gasteiger partial charge in [-0.3, -0.25) is 9.59 Å². The van der Waals surface area contributed by atoms with E-state index < -0.39 is 0 Å². The Morgan fingerprint density at radius 2 is 2.04 bits per heavy atom. The van der Waals surface area contributed by atoms with Gasteiger partial charge in [-0.05, 0) is 44.9 Å². The summed E-state index contributed by atoms with van der Waals surface area (Å²) < 4.78 is 10.6. The number of nitrogens with one attached hydrogen (secondary N) is 1. The van der Waals surface area contributed by atoms with Crippen LogP contribution < -0.4 is 14.8 Å². The van der Waals surface area contributed by atoms with E-state index in [0.29, 0.717) is 30.2 Å². The molecule has 2 amide bonds. The van der Waals surface area contributed by atoms with Crippen LogP contribution in [0.1, 0.15) is 37.0 Å². The fraction of sp³-hybridized carbons (Fsp3) is 0.529. The van der Waals surface area contributed by atoms with Gasteiger partial charge in [-0.2, -0.15) is 0 Å². The van der Waals surface area contributed by atoms with Gasteiger partial charge >= 0.3 is 0 Å². The summed E-state index contributed by atoms with van der Waals surface area (Å²) >= 11 is 0. The number of rotatable bonds is 3. The van der Waals surface area contributed by atoms with E-state index in [9.17, 15) is 9.59 Å². The molecule has 2 heterocycles. The Balaban J connectivity index is 1.68. The molecule has 6 nitrogen and oxygen atoms in total. The molecular weight excluding hydrogens is 296 g/mol. The highest BCUT2D eigenvalue weighted by atomic mass is 16.7. The first-order chi connectivity index (χ1) is 11.0. The number of ether oxygens (including phenoxy) is 2. The Kier molecular flexibility index (Phi) is 4.41. The van der Waals surface area contributed by atoms with Crippen molar-refractivity contribution in [3.05, 3.63) is 23.8 Å². The van der Waals surface area contributed by atoms with Crippen molar-refractivity contribution in [2.45, 2.75) is 32.7 Å². The topological polar surface area (TPSA) is 67.9 Å². The summed E-state index contributed by atoms with van der Waals surface area (Å²) in [4.78, 5) is 26.6. The summed E-state index contributed by atoms with van der Waals surface area (Å²) in [6.45, 7) is 5.21. The summed E-state index contributed by atoms with van der Waals surface area (Å²) in [6, 6.07) is 5.32. The van der Waals surface area contributed by atoms with Crippen LogP contribution in [0.2, 0.25) is 0 Å². The quantitative estimate of drug-likeness (QED) is 0.922. The van der Waals surface area contributed by atoms with Crippen LogP contribution in [0.3, 0.4) is 0 Å². The zero-order chi connectivity index (χ0) is 16.4. The zero-order valence-corrected chi connectivity index (χ0v) is 13.5. The van der Waals surface area contributed by atoms with E-state index in [-0.39, 0.29) is 30.6 Å². The van der Waals surface area contributed by atoms with E-state index in [1.165, 1.54) is 0 Å². The number of hydrogen-bond acceptors (Lipinski definition) is 4. The van der Waals surface area contributed by atoms with Gasteiger partial charge in [-0.25, -0.2) is 0 Å². The van der Waals surface area contributed by atoms with Crippen LogP contribution in [0.25, 0.3) is 0 Å². The summed E-state index contributed by atoms with van der Waals surface area (Å²) in [7, 11) is 0. The van der Waals surface area contributed by atoms with Crippen molar-refractivity contribution < 1.29 is 19.1 Å². The Hall–Kier alpha value is -2.24. The summed E-state index contributed by atoms with van der Waals surface area (Å²) in [5.41, 5.74) is 0.569. The predicted octanol–water partition coefficient (Wildman–Crippen LogP) is 1.79. The highest BCUT2D eigenvalue weighted by molar-refractivity contribution is 5.95. The lowest BCUT2D eigenvalue weighted by Gasteiger charge is -2.32. The minimum absolute atomic E-state index is 0.0307. The number of likely N-dealkylation sites (tertiary alicyclic amines) is 1. The molecule has 23 heavy (non-hydrogen) atoms. The number of benzene rings is 1. The van der Waals surface area contributed by atoms with Crippen molar-refractivity contribution in [1.29, 1.82) is 0 Å². The lowest BCUT2D eigenvalue weighted by Crippen LogP contribution is -2.46. The van der Waals surface area contributed by atoms with Crippen LogP contribution in [0.15, 0.2) is 18.2 Å². The third-order valence-corrected chi connectivity index (χ3v) is 4.13. The van der Waals surface area contributed by atoms with Gasteiger partial charge in [-0.1, -0.05) is 0 Å². The Morgan fingerprint density at radius 3 is 2.83 bits per heavy atom. The maximum atomic E-state index is 12.7. The van der Waals surface area contributed by atoms with Gasteiger partial charge in [0.05, 0.1) is 5.92 Å². The van der Waals surface area contributed by atoms with E-state index in [0.717, 1.165) is 12.8 Å². The van der Waals surface area contributed by atoms with Crippen molar-refractivity contribution in [1.82, 2.24) is 10.2 Å². The van der Waals surface area contributed by atoms with Gasteiger partial charge in [0.25, 0.3) is 5.91 Å². The Bertz CT molecular complexity index is 615. The number of hydrogen-bond donors (Lipinski definition) is 1. The third-order valence-electron chi connectivity index (χ3n) is 4.13. The Labute approximate surface area is 135 Å². The summed E-state index contributed by atoms with van der Waals surface area (Å²) in [6.07, 6.45) is 1.66. The standard InChI is InChI=1S/C17H22N2O4/c1-11(2)18-16(20)13-4-3-7-19(9-13)17(21)12-5-6-14-15(8-12)23-10-22-14/h5-6,8,11,13H,3-4,7,9-10H2,1-2H3,(H,18,20)/t13-/m1/s1. The number of fused-ring (bicyclic) bond motifs is 1. The minimum atomic E-state index is -0.135. The highest BCUT2D eigenvalue weighted by Gasteiger charge is 2.29. The average molecular weight is 318 g/mol. The number of amides is 2. The molecule has 1 saturated heterocycles. The maximum absolute atomic E-state index is 12.7. The molecule has 1 atom stereocenters. The van der Waals surface area contributed by atoms with Crippen molar-refractivity contribution in [2.24, 2.45) is 5.92 Å². The van der Waals surface area contributed by atoms with E-state index >= 15 is 0 Å². The second-order valence-corrected chi connectivity index (χ2v) is 6.32. The largest absolute Gasteiger partial charge is 0.454 e. The van der Waals surface area contributed by atoms with E-state index in [1.54, 1.807) is 23.1 Å². The van der Waals surface area contributed by atoms with E-state index in [2.05, 4.69) is 5.32 Å². The Morgan fingerprint density at radius 1 is 1.26 bits per heavy atom. The van der Waals surface area contributed by atoms with Crippen LogP contribution in [0, 0.1) is 5.92 Å². The summed E-state index contributed by atoms with van der Waals surface area (Å²) in [5.74, 6) is 1.09. The average Bonchev–Trinajstić information content (AvgIpc) is 3.01. The number of piperidine rings is 1. The molecule has 1 fully saturated rings. The first-order valence-electron chi connectivity index (χ1n) is 8.04. The van der Waals surface area contributed by atoms with Crippen LogP contribution in [0.4, 0.5) is 0 Å². The van der Waals surface area contributed by atoms with Gasteiger partial charge < -0.3 is 19.7 Å². The second kappa shape index (κ2) is 6.48. The predicted molar refractivity (Wildman–Crippen MR) is 84.5 cm³/mol. The first kappa shape index (κ1) is 15.6. The molecule has 1 aromatic rings. The monoisotopic (exact) mass is 318 g/mol. The molecule has 124 valence electrons. The number of carbonyl (C=O) groups excluding carboxylic acids is 2. The third kappa shape index (κ3) is 3.41. The molecule has 1 aromatic carbocycles. The van der Waals surface area contributed by atoms with Crippen LogP contribution >= 0.6 is 0 Å². The van der Waals surface area contributed by atoms with Gasteiger partial charge in [0, 0.05) is 24.7 Å². The fourth-order valence-electron chi connectivity index (χ4n) is 2.99. The molecule has 3 rings (SSSR count). The number of carbonyl (C=O) groups is 2. The van der Waals surface area contributed by atoms with Crippen LogP contribution in [0.5, 0.6) is 11.5 Å². The molecule has 0 unspecified atom stereocenters. The minimum Gasteiger partial charge on any atom is -0.454 e. The normalized spacial score (nSPS) is 19.8. The first-order valence-corrected chi connectivity index (χ1v) is 8.04.